The van der Waals surface area contributed by atoms with Gasteiger partial charge in [-0.25, -0.2) is 0 Å². The first-order chi connectivity index (χ1) is 12.8. The summed E-state index contributed by atoms with van der Waals surface area (Å²) in [6, 6.07) is 24.0. The third-order valence-electron chi connectivity index (χ3n) is 3.96. The summed E-state index contributed by atoms with van der Waals surface area (Å²) in [4.78, 5) is 0. The molecule has 3 aromatic carbocycles. The third-order valence-corrected chi connectivity index (χ3v) is 3.96. The maximum Gasteiger partial charge on any atom is 0.119 e. The number of hydrogen-bond donors (Lipinski definition) is 2. The van der Waals surface area contributed by atoms with Crippen molar-refractivity contribution in [3.63, 3.8) is 0 Å². The van der Waals surface area contributed by atoms with Crippen LogP contribution in [-0.2, 0) is 0 Å². The van der Waals surface area contributed by atoms with E-state index in [1.54, 1.807) is 0 Å². The van der Waals surface area contributed by atoms with Crippen LogP contribution in [0, 0.1) is 0 Å². The van der Waals surface area contributed by atoms with Crippen molar-refractivity contribution in [3.05, 3.63) is 72.8 Å². The Bertz CT molecular complexity index is 744. The molecule has 0 heterocycles. The van der Waals surface area contributed by atoms with Crippen LogP contribution in [0.25, 0.3) is 22.3 Å². The van der Waals surface area contributed by atoms with E-state index in [1.807, 2.05) is 54.6 Å². The first kappa shape index (κ1) is 18.0. The van der Waals surface area contributed by atoms with Gasteiger partial charge < -0.3 is 19.7 Å². The quantitative estimate of drug-likeness (QED) is 0.649. The zero-order valence-corrected chi connectivity index (χ0v) is 14.5. The molecular weight excluding hydrogens is 328 g/mol. The van der Waals surface area contributed by atoms with Gasteiger partial charge in [0.25, 0.3) is 0 Å². The molecule has 0 bridgehead atoms. The lowest BCUT2D eigenvalue weighted by Crippen LogP contribution is -2.01. The minimum Gasteiger partial charge on any atom is -0.491 e. The van der Waals surface area contributed by atoms with E-state index >= 15 is 0 Å². The molecule has 3 aromatic rings. The van der Waals surface area contributed by atoms with Crippen molar-refractivity contribution >= 4 is 0 Å². The van der Waals surface area contributed by atoms with E-state index in [2.05, 4.69) is 18.2 Å². The van der Waals surface area contributed by atoms with Crippen LogP contribution in [0.2, 0.25) is 0 Å². The van der Waals surface area contributed by atoms with Crippen molar-refractivity contribution in [1.82, 2.24) is 0 Å². The summed E-state index contributed by atoms with van der Waals surface area (Å²) < 4.78 is 10.8. The molecule has 3 rings (SSSR count). The Labute approximate surface area is 153 Å². The molecule has 0 aliphatic rings. The van der Waals surface area contributed by atoms with E-state index in [0.29, 0.717) is 13.2 Å². The molecule has 0 aliphatic carbocycles. The van der Waals surface area contributed by atoms with Gasteiger partial charge in [-0.3, -0.25) is 0 Å². The molecule has 4 heteroatoms. The summed E-state index contributed by atoms with van der Waals surface area (Å²) in [7, 11) is 0. The molecule has 0 radical (unpaired) electrons. The highest BCUT2D eigenvalue weighted by molar-refractivity contribution is 5.73. The molecule has 0 unspecified atom stereocenters. The lowest BCUT2D eigenvalue weighted by atomic mass is 9.99. The maximum absolute atomic E-state index is 8.81. The second kappa shape index (κ2) is 9.04. The van der Waals surface area contributed by atoms with Crippen LogP contribution < -0.4 is 9.47 Å². The Morgan fingerprint density at radius 3 is 1.35 bits per heavy atom. The molecule has 0 saturated heterocycles. The van der Waals surface area contributed by atoms with Crippen molar-refractivity contribution in [1.29, 1.82) is 0 Å². The zero-order chi connectivity index (χ0) is 18.2. The van der Waals surface area contributed by atoms with Crippen molar-refractivity contribution in [3.8, 4) is 33.8 Å². The molecule has 2 N–H and O–H groups in total. The molecule has 0 aliphatic heterocycles. The third kappa shape index (κ3) is 4.63. The predicted molar refractivity (Wildman–Crippen MR) is 102 cm³/mol. The van der Waals surface area contributed by atoms with Crippen LogP contribution in [0.5, 0.6) is 11.5 Å². The first-order valence-electron chi connectivity index (χ1n) is 8.58. The van der Waals surface area contributed by atoms with Gasteiger partial charge in [0.05, 0.1) is 13.2 Å². The SMILES string of the molecule is OCCOc1ccc(-c2cccc(-c3ccc(OCCO)cc3)c2)cc1. The lowest BCUT2D eigenvalue weighted by molar-refractivity contribution is 0.201. The fraction of sp³-hybridized carbons (Fsp3) is 0.182. The van der Waals surface area contributed by atoms with Crippen molar-refractivity contribution < 1.29 is 19.7 Å². The van der Waals surface area contributed by atoms with Gasteiger partial charge in [-0.15, -0.1) is 0 Å². The number of rotatable bonds is 8. The topological polar surface area (TPSA) is 58.9 Å². The predicted octanol–water partition coefficient (Wildman–Crippen LogP) is 3.76. The van der Waals surface area contributed by atoms with Gasteiger partial charge in [-0.1, -0.05) is 42.5 Å². The van der Waals surface area contributed by atoms with Gasteiger partial charge in [0.15, 0.2) is 0 Å². The average molecular weight is 350 g/mol. The fourth-order valence-electron chi connectivity index (χ4n) is 2.69. The summed E-state index contributed by atoms with van der Waals surface area (Å²) in [6.07, 6.45) is 0. The lowest BCUT2D eigenvalue weighted by Gasteiger charge is -2.09. The smallest absolute Gasteiger partial charge is 0.119 e. The molecular formula is C22H22O4. The van der Waals surface area contributed by atoms with Crippen LogP contribution in [0.15, 0.2) is 72.8 Å². The van der Waals surface area contributed by atoms with E-state index in [9.17, 15) is 0 Å². The zero-order valence-electron chi connectivity index (χ0n) is 14.5. The van der Waals surface area contributed by atoms with Gasteiger partial charge >= 0.3 is 0 Å². The van der Waals surface area contributed by atoms with Crippen LogP contribution in [0.3, 0.4) is 0 Å². The van der Waals surface area contributed by atoms with E-state index in [4.69, 9.17) is 19.7 Å². The minimum absolute atomic E-state index is 0.00757. The molecule has 4 nitrogen and oxygen atoms in total. The van der Waals surface area contributed by atoms with E-state index < -0.39 is 0 Å². The number of aliphatic hydroxyl groups excluding tert-OH is 2. The number of benzene rings is 3. The summed E-state index contributed by atoms with van der Waals surface area (Å²) >= 11 is 0. The molecule has 0 amide bonds. The van der Waals surface area contributed by atoms with Gasteiger partial charge in [0.1, 0.15) is 24.7 Å². The fourth-order valence-corrected chi connectivity index (χ4v) is 2.69. The summed E-state index contributed by atoms with van der Waals surface area (Å²) in [6.45, 7) is 0.612. The van der Waals surface area contributed by atoms with E-state index in [-0.39, 0.29) is 13.2 Å². The largest absolute Gasteiger partial charge is 0.491 e. The summed E-state index contributed by atoms with van der Waals surface area (Å²) in [5, 5.41) is 17.6. The first-order valence-corrected chi connectivity index (χ1v) is 8.58. The summed E-state index contributed by atoms with van der Waals surface area (Å²) in [5.74, 6) is 1.50. The van der Waals surface area contributed by atoms with Gasteiger partial charge in [0, 0.05) is 0 Å². The van der Waals surface area contributed by atoms with Gasteiger partial charge in [-0.2, -0.15) is 0 Å². The molecule has 0 fully saturated rings. The van der Waals surface area contributed by atoms with Crippen LogP contribution in [0.1, 0.15) is 0 Å². The highest BCUT2D eigenvalue weighted by atomic mass is 16.5. The molecule has 134 valence electrons. The Kier molecular flexibility index (Phi) is 6.25. The number of hydrogen-bond acceptors (Lipinski definition) is 4. The van der Waals surface area contributed by atoms with Gasteiger partial charge in [-0.05, 0) is 52.6 Å². The van der Waals surface area contributed by atoms with Crippen LogP contribution in [-0.4, -0.2) is 36.6 Å². The summed E-state index contributed by atoms with van der Waals surface area (Å²) in [5.41, 5.74) is 4.45. The Morgan fingerprint density at radius 1 is 0.538 bits per heavy atom. The van der Waals surface area contributed by atoms with Crippen molar-refractivity contribution in [2.45, 2.75) is 0 Å². The Hall–Kier alpha value is -2.82. The second-order valence-corrected chi connectivity index (χ2v) is 5.77. The monoisotopic (exact) mass is 350 g/mol. The molecule has 0 spiro atoms. The molecule has 0 aromatic heterocycles. The van der Waals surface area contributed by atoms with Crippen LogP contribution in [0.4, 0.5) is 0 Å². The number of aliphatic hydroxyl groups is 2. The second-order valence-electron chi connectivity index (χ2n) is 5.77. The minimum atomic E-state index is 0.00757. The van der Waals surface area contributed by atoms with E-state index in [1.165, 1.54) is 0 Å². The standard InChI is InChI=1S/C22H22O4/c23-12-14-25-21-8-4-17(5-9-21)19-2-1-3-20(16-19)18-6-10-22(11-7-18)26-15-13-24/h1-11,16,23-24H,12-15H2. The Morgan fingerprint density at radius 2 is 0.962 bits per heavy atom. The molecule has 26 heavy (non-hydrogen) atoms. The highest BCUT2D eigenvalue weighted by Crippen LogP contribution is 2.28. The maximum atomic E-state index is 8.81. The van der Waals surface area contributed by atoms with Gasteiger partial charge in [0.2, 0.25) is 0 Å². The van der Waals surface area contributed by atoms with Crippen molar-refractivity contribution in [2.24, 2.45) is 0 Å². The highest BCUT2D eigenvalue weighted by Gasteiger charge is 2.03. The molecule has 0 atom stereocenters. The van der Waals surface area contributed by atoms with Crippen LogP contribution >= 0.6 is 0 Å². The van der Waals surface area contributed by atoms with E-state index in [0.717, 1.165) is 33.8 Å². The Balaban J connectivity index is 1.77. The average Bonchev–Trinajstić information content (AvgIpc) is 2.71. The van der Waals surface area contributed by atoms with Crippen molar-refractivity contribution in [2.75, 3.05) is 26.4 Å². The normalized spacial score (nSPS) is 10.5. The molecule has 0 saturated carbocycles. The number of ether oxygens (including phenoxy) is 2.